The van der Waals surface area contributed by atoms with Crippen molar-refractivity contribution in [2.75, 3.05) is 4.90 Å². The molecule has 3 aromatic heterocycles. The largest absolute Gasteiger partial charge is 0.456 e. The summed E-state index contributed by atoms with van der Waals surface area (Å²) >= 11 is 1.86. The highest BCUT2D eigenvalue weighted by molar-refractivity contribution is 7.25. The maximum atomic E-state index is 6.26. The predicted molar refractivity (Wildman–Crippen MR) is 270 cm³/mol. The van der Waals surface area contributed by atoms with Crippen LogP contribution < -0.4 is 4.90 Å². The van der Waals surface area contributed by atoms with Gasteiger partial charge in [0.1, 0.15) is 22.3 Å². The van der Waals surface area contributed by atoms with Crippen LogP contribution >= 0.6 is 11.3 Å². The van der Waals surface area contributed by atoms with Crippen LogP contribution in [0.2, 0.25) is 0 Å². The first-order valence-electron chi connectivity index (χ1n) is 21.6. The molecule has 13 rings (SSSR count). The molecule has 0 spiro atoms. The lowest BCUT2D eigenvalue weighted by Gasteiger charge is -2.26. The molecule has 0 aliphatic carbocycles. The fourth-order valence-corrected chi connectivity index (χ4v) is 10.9. The molecular formula is C60H37NO2S. The number of furan rings is 2. The first-order chi connectivity index (χ1) is 31.7. The molecule has 0 N–H and O–H groups in total. The van der Waals surface area contributed by atoms with Gasteiger partial charge in [-0.1, -0.05) is 146 Å². The molecule has 0 bridgehead atoms. The third-order valence-electron chi connectivity index (χ3n) is 12.7. The molecule has 0 saturated heterocycles. The fourth-order valence-electron chi connectivity index (χ4n) is 9.74. The van der Waals surface area contributed by atoms with Gasteiger partial charge in [-0.05, 0) is 123 Å². The molecule has 0 saturated carbocycles. The van der Waals surface area contributed by atoms with Crippen LogP contribution in [0.1, 0.15) is 0 Å². The van der Waals surface area contributed by atoms with E-state index in [1.54, 1.807) is 0 Å². The second-order valence-corrected chi connectivity index (χ2v) is 17.5. The highest BCUT2D eigenvalue weighted by Gasteiger charge is 2.18. The maximum absolute atomic E-state index is 6.26. The van der Waals surface area contributed by atoms with E-state index in [4.69, 9.17) is 8.83 Å². The second kappa shape index (κ2) is 14.7. The number of anilines is 3. The van der Waals surface area contributed by atoms with Crippen molar-refractivity contribution >= 4 is 92.4 Å². The third kappa shape index (κ3) is 5.95. The van der Waals surface area contributed by atoms with Crippen molar-refractivity contribution < 1.29 is 8.83 Å². The normalized spacial score (nSPS) is 11.8. The molecular weight excluding hydrogens is 799 g/mol. The predicted octanol–water partition coefficient (Wildman–Crippen LogP) is 18.0. The minimum Gasteiger partial charge on any atom is -0.456 e. The van der Waals surface area contributed by atoms with E-state index < -0.39 is 0 Å². The SMILES string of the molecule is c1cc(-c2ccc(N(c3ccc(-c4cccc5oc6ccccc6c45)cc3)c3ccc(-c4cccc5oc6ccccc6c45)cc3)cc2)cc(-c2cccc3sc4ccccc4c23)c1. The third-order valence-corrected chi connectivity index (χ3v) is 13.8. The standard InChI is InChI=1S/C60H37NO2S/c1-4-19-52-49(13-1)58-46(16-8-21-54(58)62-52)39-27-33-44(34-28-39)61(45-35-29-40(30-36-45)47-17-9-22-55-59(47)50-14-2-5-20-53(50)63-55)43-31-25-38(26-32-43)41-11-7-12-42(37-41)48-18-10-24-57-60(48)51-15-3-6-23-56(51)64-57/h1-37H. The van der Waals surface area contributed by atoms with E-state index in [2.05, 4.69) is 205 Å². The first kappa shape index (κ1) is 36.5. The quantitative estimate of drug-likeness (QED) is 0.160. The number of para-hydroxylation sites is 2. The number of rotatable bonds is 7. The molecule has 0 radical (unpaired) electrons. The van der Waals surface area contributed by atoms with E-state index in [-0.39, 0.29) is 0 Å². The number of hydrogen-bond donors (Lipinski definition) is 0. The van der Waals surface area contributed by atoms with Gasteiger partial charge >= 0.3 is 0 Å². The lowest BCUT2D eigenvalue weighted by atomic mass is 9.96. The van der Waals surface area contributed by atoms with E-state index in [0.717, 1.165) is 83.2 Å². The number of benzene rings is 10. The molecule has 10 aromatic carbocycles. The maximum Gasteiger partial charge on any atom is 0.136 e. The Bertz CT molecular complexity index is 3730. The number of hydrogen-bond acceptors (Lipinski definition) is 4. The van der Waals surface area contributed by atoms with Gasteiger partial charge in [-0.3, -0.25) is 0 Å². The average Bonchev–Trinajstić information content (AvgIpc) is 4.06. The van der Waals surface area contributed by atoms with Gasteiger partial charge in [0.05, 0.1) is 0 Å². The van der Waals surface area contributed by atoms with Gasteiger partial charge in [0.2, 0.25) is 0 Å². The fraction of sp³-hybridized carbons (Fsp3) is 0. The Morgan fingerprint density at radius 1 is 0.281 bits per heavy atom. The van der Waals surface area contributed by atoms with Crippen LogP contribution in [0.25, 0.3) is 109 Å². The van der Waals surface area contributed by atoms with E-state index in [1.807, 2.05) is 35.6 Å². The van der Waals surface area contributed by atoms with Crippen molar-refractivity contribution in [3.05, 3.63) is 224 Å². The van der Waals surface area contributed by atoms with Gasteiger partial charge in [0, 0.05) is 58.8 Å². The number of nitrogens with zero attached hydrogens (tertiary/aromatic N) is 1. The van der Waals surface area contributed by atoms with Crippen LogP contribution in [-0.4, -0.2) is 0 Å². The first-order valence-corrected chi connectivity index (χ1v) is 22.5. The zero-order valence-electron chi connectivity index (χ0n) is 34.5. The van der Waals surface area contributed by atoms with Gasteiger partial charge in [-0.25, -0.2) is 0 Å². The van der Waals surface area contributed by atoms with Crippen LogP contribution in [-0.2, 0) is 0 Å². The van der Waals surface area contributed by atoms with Crippen molar-refractivity contribution in [3.8, 4) is 44.5 Å². The molecule has 3 nitrogen and oxygen atoms in total. The Balaban J connectivity index is 0.896. The molecule has 0 atom stereocenters. The molecule has 0 amide bonds. The van der Waals surface area contributed by atoms with Gasteiger partial charge in [0.25, 0.3) is 0 Å². The van der Waals surface area contributed by atoms with Crippen LogP contribution in [0.15, 0.2) is 233 Å². The Hall–Kier alpha value is -8.18. The molecule has 3 heterocycles. The van der Waals surface area contributed by atoms with Crippen molar-refractivity contribution in [1.29, 1.82) is 0 Å². The summed E-state index contributed by atoms with van der Waals surface area (Å²) in [5.41, 5.74) is 16.2. The molecule has 0 aliphatic rings. The van der Waals surface area contributed by atoms with Crippen molar-refractivity contribution in [2.24, 2.45) is 0 Å². The van der Waals surface area contributed by atoms with E-state index in [1.165, 1.54) is 42.4 Å². The molecule has 300 valence electrons. The Morgan fingerprint density at radius 2 is 0.703 bits per heavy atom. The van der Waals surface area contributed by atoms with Gasteiger partial charge < -0.3 is 13.7 Å². The summed E-state index contributed by atoms with van der Waals surface area (Å²) in [6.45, 7) is 0. The second-order valence-electron chi connectivity index (χ2n) is 16.4. The van der Waals surface area contributed by atoms with Gasteiger partial charge in [-0.2, -0.15) is 0 Å². The van der Waals surface area contributed by atoms with Crippen molar-refractivity contribution in [2.45, 2.75) is 0 Å². The molecule has 0 aliphatic heterocycles. The van der Waals surface area contributed by atoms with Gasteiger partial charge in [-0.15, -0.1) is 11.3 Å². The minimum absolute atomic E-state index is 0.895. The number of fused-ring (bicyclic) bond motifs is 9. The minimum atomic E-state index is 0.895. The van der Waals surface area contributed by atoms with Crippen molar-refractivity contribution in [1.82, 2.24) is 0 Å². The van der Waals surface area contributed by atoms with Crippen LogP contribution in [0.3, 0.4) is 0 Å². The number of thiophene rings is 1. The lowest BCUT2D eigenvalue weighted by molar-refractivity contribution is 0.668. The molecule has 0 unspecified atom stereocenters. The van der Waals surface area contributed by atoms with E-state index >= 15 is 0 Å². The zero-order valence-corrected chi connectivity index (χ0v) is 35.4. The van der Waals surface area contributed by atoms with Crippen LogP contribution in [0.4, 0.5) is 17.1 Å². The van der Waals surface area contributed by atoms with E-state index in [0.29, 0.717) is 0 Å². The summed E-state index contributed by atoms with van der Waals surface area (Å²) in [6.07, 6.45) is 0. The average molecular weight is 836 g/mol. The topological polar surface area (TPSA) is 29.5 Å². The Labute approximate surface area is 373 Å². The summed E-state index contributed by atoms with van der Waals surface area (Å²) < 4.78 is 15.2. The molecule has 13 aromatic rings. The molecule has 64 heavy (non-hydrogen) atoms. The smallest absolute Gasteiger partial charge is 0.136 e. The van der Waals surface area contributed by atoms with Crippen LogP contribution in [0, 0.1) is 0 Å². The van der Waals surface area contributed by atoms with Gasteiger partial charge in [0.15, 0.2) is 0 Å². The highest BCUT2D eigenvalue weighted by Crippen LogP contribution is 2.44. The summed E-state index contributed by atoms with van der Waals surface area (Å²) in [5, 5.41) is 7.17. The summed E-state index contributed by atoms with van der Waals surface area (Å²) in [7, 11) is 0. The Kier molecular flexibility index (Phi) is 8.40. The van der Waals surface area contributed by atoms with Crippen LogP contribution in [0.5, 0.6) is 0 Å². The summed E-state index contributed by atoms with van der Waals surface area (Å²) in [6, 6.07) is 80.4. The van der Waals surface area contributed by atoms with Crippen molar-refractivity contribution in [3.63, 3.8) is 0 Å². The molecule has 0 fully saturated rings. The highest BCUT2D eigenvalue weighted by atomic mass is 32.1. The summed E-state index contributed by atoms with van der Waals surface area (Å²) in [5.74, 6) is 0. The van der Waals surface area contributed by atoms with E-state index in [9.17, 15) is 0 Å². The Morgan fingerprint density at radius 3 is 1.28 bits per heavy atom. The lowest BCUT2D eigenvalue weighted by Crippen LogP contribution is -2.09. The summed E-state index contributed by atoms with van der Waals surface area (Å²) in [4.78, 5) is 2.35. The zero-order chi connectivity index (χ0) is 42.1. The molecule has 4 heteroatoms. The monoisotopic (exact) mass is 835 g/mol.